The molecule has 0 aromatic rings. The first-order valence-corrected chi connectivity index (χ1v) is 10.9. The van der Waals surface area contributed by atoms with Gasteiger partial charge < -0.3 is 28.7 Å². The molecule has 8 heteroatoms. The number of rotatable bonds is 0. The molecule has 3 rings (SSSR count). The van der Waals surface area contributed by atoms with Crippen molar-refractivity contribution in [2.24, 2.45) is 0 Å². The number of likely N-dealkylation sites (N-methyl/N-ethyl adjacent to an activating group) is 2. The van der Waals surface area contributed by atoms with Gasteiger partial charge >= 0.3 is 0 Å². The Balaban J connectivity index is 1.96. The smallest absolute Gasteiger partial charge is 0.0701 e. The summed E-state index contributed by atoms with van der Waals surface area (Å²) in [4.78, 5) is 9.73. The zero-order chi connectivity index (χ0) is 19.9. The Bertz CT molecular complexity index is 324. The van der Waals surface area contributed by atoms with E-state index in [-0.39, 0.29) is 0 Å². The average Bonchev–Trinajstić information content (AvgIpc) is 2.69. The average molecular weight is 403 g/mol. The zero-order valence-corrected chi connectivity index (χ0v) is 18.1. The van der Waals surface area contributed by atoms with Gasteiger partial charge in [0.15, 0.2) is 0 Å². The third-order valence-electron chi connectivity index (χ3n) is 5.41. The highest BCUT2D eigenvalue weighted by atomic mass is 16.5. The molecule has 3 heterocycles. The molecule has 166 valence electrons. The first kappa shape index (κ1) is 24.0. The van der Waals surface area contributed by atoms with Crippen molar-refractivity contribution in [3.63, 3.8) is 0 Å². The van der Waals surface area contributed by atoms with E-state index in [4.69, 9.17) is 18.9 Å². The Kier molecular flexibility index (Phi) is 13.3. The summed E-state index contributed by atoms with van der Waals surface area (Å²) < 4.78 is 23.1. The van der Waals surface area contributed by atoms with Crippen LogP contribution in [-0.2, 0) is 18.9 Å². The zero-order valence-electron chi connectivity index (χ0n) is 18.1. The highest BCUT2D eigenvalue weighted by Crippen LogP contribution is 1.97. The summed E-state index contributed by atoms with van der Waals surface area (Å²) >= 11 is 0. The monoisotopic (exact) mass is 402 g/mol. The quantitative estimate of drug-likeness (QED) is 0.540. The molecule has 0 saturated carbocycles. The van der Waals surface area contributed by atoms with Crippen molar-refractivity contribution in [1.82, 2.24) is 19.6 Å². The molecule has 0 N–H and O–H groups in total. The summed E-state index contributed by atoms with van der Waals surface area (Å²) in [5.41, 5.74) is 0. The fraction of sp³-hybridized carbons (Fsp3) is 1.00. The summed E-state index contributed by atoms with van der Waals surface area (Å²) in [5.74, 6) is 0. The lowest BCUT2D eigenvalue weighted by molar-refractivity contribution is 0.00585. The molecule has 8 nitrogen and oxygen atoms in total. The van der Waals surface area contributed by atoms with E-state index in [1.807, 2.05) is 0 Å². The van der Waals surface area contributed by atoms with Gasteiger partial charge in [-0.15, -0.1) is 0 Å². The van der Waals surface area contributed by atoms with Gasteiger partial charge in [-0.3, -0.25) is 9.80 Å². The molecule has 0 amide bonds. The Morgan fingerprint density at radius 3 is 0.964 bits per heavy atom. The van der Waals surface area contributed by atoms with Gasteiger partial charge in [0.2, 0.25) is 0 Å². The molecule has 28 heavy (non-hydrogen) atoms. The molecule has 2 bridgehead atoms. The predicted octanol–water partition coefficient (Wildman–Crippen LogP) is -0.452. The lowest BCUT2D eigenvalue weighted by Crippen LogP contribution is -2.42. The summed E-state index contributed by atoms with van der Waals surface area (Å²) in [6.45, 7) is 15.7. The van der Waals surface area contributed by atoms with Crippen molar-refractivity contribution in [3.8, 4) is 0 Å². The number of hydrogen-bond acceptors (Lipinski definition) is 8. The molecule has 3 saturated heterocycles. The molecule has 3 aliphatic rings. The van der Waals surface area contributed by atoms with Crippen LogP contribution in [0.4, 0.5) is 0 Å². The summed E-state index contributed by atoms with van der Waals surface area (Å²) in [7, 11) is 4.44. The fourth-order valence-electron chi connectivity index (χ4n) is 3.28. The largest absolute Gasteiger partial charge is 0.378 e. The maximum Gasteiger partial charge on any atom is 0.0701 e. The molecule has 0 aromatic heterocycles. The normalized spacial score (nSPS) is 30.6. The van der Waals surface area contributed by atoms with Crippen LogP contribution in [0.15, 0.2) is 0 Å². The SMILES string of the molecule is CN1CCN(C)CCN2CCOCCOCCN(CCOCCOCC2)CC1. The summed E-state index contributed by atoms with van der Waals surface area (Å²) in [5, 5.41) is 0. The highest BCUT2D eigenvalue weighted by molar-refractivity contribution is 4.66. The third kappa shape index (κ3) is 11.6. The van der Waals surface area contributed by atoms with Gasteiger partial charge in [0, 0.05) is 65.4 Å². The van der Waals surface area contributed by atoms with Gasteiger partial charge in [-0.05, 0) is 14.1 Å². The maximum atomic E-state index is 5.78. The van der Waals surface area contributed by atoms with Crippen molar-refractivity contribution in [2.45, 2.75) is 0 Å². The van der Waals surface area contributed by atoms with E-state index < -0.39 is 0 Å². The van der Waals surface area contributed by atoms with E-state index in [0.717, 1.165) is 91.9 Å². The maximum absolute atomic E-state index is 5.78. The van der Waals surface area contributed by atoms with Gasteiger partial charge in [-0.2, -0.15) is 0 Å². The van der Waals surface area contributed by atoms with Gasteiger partial charge in [0.05, 0.1) is 52.9 Å². The van der Waals surface area contributed by atoms with Crippen molar-refractivity contribution in [1.29, 1.82) is 0 Å². The standard InChI is InChI=1S/C20H42N4O4/c1-21-3-4-22(2)6-8-24-11-15-27-19-17-25-13-9-23(7-5-21)10-14-26-18-20-28-16-12-24/h3-20H2,1-2H3. The Hall–Kier alpha value is -0.320. The third-order valence-corrected chi connectivity index (χ3v) is 5.41. The van der Waals surface area contributed by atoms with E-state index in [1.165, 1.54) is 0 Å². The molecule has 3 aliphatic heterocycles. The van der Waals surface area contributed by atoms with E-state index >= 15 is 0 Å². The minimum absolute atomic E-state index is 0.663. The van der Waals surface area contributed by atoms with Gasteiger partial charge in [-0.1, -0.05) is 0 Å². The molecule has 0 unspecified atom stereocenters. The fourth-order valence-corrected chi connectivity index (χ4v) is 3.28. The lowest BCUT2D eigenvalue weighted by Gasteiger charge is -2.29. The van der Waals surface area contributed by atoms with Crippen LogP contribution < -0.4 is 0 Å². The van der Waals surface area contributed by atoms with Crippen molar-refractivity contribution in [2.75, 3.05) is 132 Å². The van der Waals surface area contributed by atoms with E-state index in [9.17, 15) is 0 Å². The minimum Gasteiger partial charge on any atom is -0.378 e. The van der Waals surface area contributed by atoms with Crippen LogP contribution in [0.3, 0.4) is 0 Å². The van der Waals surface area contributed by atoms with E-state index in [0.29, 0.717) is 26.4 Å². The number of nitrogens with zero attached hydrogens (tertiary/aromatic N) is 4. The number of ether oxygens (including phenoxy) is 4. The Morgan fingerprint density at radius 1 is 0.357 bits per heavy atom. The van der Waals surface area contributed by atoms with Crippen LogP contribution in [0, 0.1) is 0 Å². The molecule has 0 radical (unpaired) electrons. The topological polar surface area (TPSA) is 49.9 Å². The molecule has 0 spiro atoms. The van der Waals surface area contributed by atoms with E-state index in [1.54, 1.807) is 0 Å². The second kappa shape index (κ2) is 15.5. The molecular weight excluding hydrogens is 360 g/mol. The first-order valence-electron chi connectivity index (χ1n) is 10.9. The summed E-state index contributed by atoms with van der Waals surface area (Å²) in [6, 6.07) is 0. The Labute approximate surface area is 171 Å². The molecule has 0 aromatic carbocycles. The lowest BCUT2D eigenvalue weighted by atomic mass is 10.4. The van der Waals surface area contributed by atoms with Crippen LogP contribution in [0.1, 0.15) is 0 Å². The molecule has 0 atom stereocenters. The minimum atomic E-state index is 0.663. The van der Waals surface area contributed by atoms with Crippen molar-refractivity contribution < 1.29 is 18.9 Å². The van der Waals surface area contributed by atoms with Crippen LogP contribution in [0.2, 0.25) is 0 Å². The second-order valence-corrected chi connectivity index (χ2v) is 7.74. The number of fused-ring (bicyclic) bond motifs is 21. The predicted molar refractivity (Wildman–Crippen MR) is 111 cm³/mol. The van der Waals surface area contributed by atoms with Crippen molar-refractivity contribution >= 4 is 0 Å². The van der Waals surface area contributed by atoms with E-state index in [2.05, 4.69) is 33.7 Å². The Morgan fingerprint density at radius 2 is 0.643 bits per heavy atom. The van der Waals surface area contributed by atoms with Crippen LogP contribution >= 0.6 is 0 Å². The van der Waals surface area contributed by atoms with Crippen LogP contribution in [0.25, 0.3) is 0 Å². The highest BCUT2D eigenvalue weighted by Gasteiger charge is 2.11. The van der Waals surface area contributed by atoms with Crippen LogP contribution in [0.5, 0.6) is 0 Å². The molecular formula is C20H42N4O4. The summed E-state index contributed by atoms with van der Waals surface area (Å²) in [6.07, 6.45) is 0. The molecule has 0 aliphatic carbocycles. The van der Waals surface area contributed by atoms with Gasteiger partial charge in [0.1, 0.15) is 0 Å². The van der Waals surface area contributed by atoms with Crippen molar-refractivity contribution in [3.05, 3.63) is 0 Å². The van der Waals surface area contributed by atoms with Gasteiger partial charge in [0.25, 0.3) is 0 Å². The number of hydrogen-bond donors (Lipinski definition) is 0. The van der Waals surface area contributed by atoms with Gasteiger partial charge in [-0.25, -0.2) is 0 Å². The first-order chi connectivity index (χ1) is 13.7. The second-order valence-electron chi connectivity index (χ2n) is 7.74. The molecule has 3 fully saturated rings. The van der Waals surface area contributed by atoms with Crippen LogP contribution in [-0.4, -0.2) is 152 Å².